The van der Waals surface area contributed by atoms with Crippen LogP contribution in [0.3, 0.4) is 0 Å². The van der Waals surface area contributed by atoms with Gasteiger partial charge in [0.1, 0.15) is 5.75 Å². The molecule has 0 atom stereocenters. The number of nitrogens with one attached hydrogen (secondary N) is 2. The highest BCUT2D eigenvalue weighted by atomic mass is 127. The molecule has 1 fully saturated rings. The lowest BCUT2D eigenvalue weighted by molar-refractivity contribution is 0.254. The fourth-order valence-electron chi connectivity index (χ4n) is 3.63. The lowest BCUT2D eigenvalue weighted by Crippen LogP contribution is -2.47. The van der Waals surface area contributed by atoms with Crippen molar-refractivity contribution in [2.45, 2.75) is 26.8 Å². The van der Waals surface area contributed by atoms with Gasteiger partial charge in [0.25, 0.3) is 0 Å². The van der Waals surface area contributed by atoms with E-state index in [0.29, 0.717) is 13.2 Å². The van der Waals surface area contributed by atoms with E-state index in [0.717, 1.165) is 68.9 Å². The topological polar surface area (TPSA) is 77.9 Å². The number of piperazine rings is 1. The maximum Gasteiger partial charge on any atom is 0.225 e. The van der Waals surface area contributed by atoms with Gasteiger partial charge in [0, 0.05) is 64.3 Å². The molecule has 32 heavy (non-hydrogen) atoms. The summed E-state index contributed by atoms with van der Waals surface area (Å²) in [5.74, 6) is 2.58. The molecular weight excluding hydrogens is 517 g/mol. The summed E-state index contributed by atoms with van der Waals surface area (Å²) in [6.07, 6.45) is 4.67. The van der Waals surface area contributed by atoms with Crippen LogP contribution >= 0.6 is 24.0 Å². The first-order valence-corrected chi connectivity index (χ1v) is 11.1. The van der Waals surface area contributed by atoms with Crippen LogP contribution in [-0.4, -0.2) is 73.8 Å². The summed E-state index contributed by atoms with van der Waals surface area (Å²) in [4.78, 5) is 17.8. The number of anilines is 1. The van der Waals surface area contributed by atoms with Gasteiger partial charge < -0.3 is 20.3 Å². The van der Waals surface area contributed by atoms with E-state index in [4.69, 9.17) is 4.74 Å². The average Bonchev–Trinajstić information content (AvgIpc) is 2.81. The largest absolute Gasteiger partial charge is 0.494 e. The third-order valence-electron chi connectivity index (χ3n) is 5.34. The van der Waals surface area contributed by atoms with Gasteiger partial charge in [0.05, 0.1) is 6.61 Å². The molecule has 0 saturated carbocycles. The number of aromatic nitrogens is 2. The highest BCUT2D eigenvalue weighted by Gasteiger charge is 2.18. The lowest BCUT2D eigenvalue weighted by atomic mass is 10.1. The highest BCUT2D eigenvalue weighted by Crippen LogP contribution is 2.20. The summed E-state index contributed by atoms with van der Waals surface area (Å²) in [6.45, 7) is 11.4. The number of guanidine groups is 1. The molecular formula is C23H36IN7O. The van der Waals surface area contributed by atoms with E-state index in [1.165, 1.54) is 5.56 Å². The predicted octanol–water partition coefficient (Wildman–Crippen LogP) is 2.68. The van der Waals surface area contributed by atoms with Gasteiger partial charge in [-0.2, -0.15) is 0 Å². The molecule has 2 aromatic rings. The molecule has 2 N–H and O–H groups in total. The highest BCUT2D eigenvalue weighted by molar-refractivity contribution is 14.0. The molecule has 1 saturated heterocycles. The Balaban J connectivity index is 0.00000363. The molecule has 0 bridgehead atoms. The van der Waals surface area contributed by atoms with Gasteiger partial charge in [-0.05, 0) is 44.5 Å². The van der Waals surface area contributed by atoms with Crippen molar-refractivity contribution in [1.29, 1.82) is 0 Å². The van der Waals surface area contributed by atoms with Gasteiger partial charge >= 0.3 is 0 Å². The van der Waals surface area contributed by atoms with Crippen molar-refractivity contribution in [2.75, 3.05) is 57.8 Å². The fourth-order valence-corrected chi connectivity index (χ4v) is 3.63. The Kier molecular flexibility index (Phi) is 11.5. The van der Waals surface area contributed by atoms with Gasteiger partial charge in [-0.1, -0.05) is 12.1 Å². The number of nitrogens with zero attached hydrogens (tertiary/aromatic N) is 5. The van der Waals surface area contributed by atoms with E-state index in [-0.39, 0.29) is 24.0 Å². The van der Waals surface area contributed by atoms with E-state index in [1.54, 1.807) is 19.4 Å². The number of hydrogen-bond donors (Lipinski definition) is 2. The van der Waals surface area contributed by atoms with Gasteiger partial charge in [-0.3, -0.25) is 9.89 Å². The number of rotatable bonds is 9. The first-order chi connectivity index (χ1) is 15.2. The number of hydrogen-bond acceptors (Lipinski definition) is 6. The molecule has 1 aliphatic heterocycles. The number of ether oxygens (including phenoxy) is 1. The molecule has 2 heterocycles. The van der Waals surface area contributed by atoms with Crippen LogP contribution in [0.2, 0.25) is 0 Å². The maximum atomic E-state index is 5.77. The van der Waals surface area contributed by atoms with Gasteiger partial charge in [-0.25, -0.2) is 9.97 Å². The molecule has 3 rings (SSSR count). The monoisotopic (exact) mass is 553 g/mol. The number of benzene rings is 1. The smallest absolute Gasteiger partial charge is 0.225 e. The van der Waals surface area contributed by atoms with Gasteiger partial charge in [0.15, 0.2) is 5.96 Å². The molecule has 0 radical (unpaired) electrons. The van der Waals surface area contributed by atoms with Crippen LogP contribution < -0.4 is 20.3 Å². The summed E-state index contributed by atoms with van der Waals surface area (Å²) in [5, 5.41) is 6.81. The van der Waals surface area contributed by atoms with E-state index in [2.05, 4.69) is 60.5 Å². The van der Waals surface area contributed by atoms with Gasteiger partial charge in [0.2, 0.25) is 5.95 Å². The second-order valence-corrected chi connectivity index (χ2v) is 7.63. The third-order valence-corrected chi connectivity index (χ3v) is 5.34. The Bertz CT molecular complexity index is 826. The standard InChI is InChI=1S/C23H35N7O.HI/c1-4-31-21-17-19(2)7-8-20(21)18-28-22(24-3)25-11-6-12-29-13-15-30(16-14-29)23-26-9-5-10-27-23;/h5,7-10,17H,4,6,11-16,18H2,1-3H3,(H2,24,25,28);1H. The number of aliphatic imine (C=N–C) groups is 1. The minimum atomic E-state index is 0. The van der Waals surface area contributed by atoms with Crippen molar-refractivity contribution in [1.82, 2.24) is 25.5 Å². The predicted molar refractivity (Wildman–Crippen MR) is 141 cm³/mol. The van der Waals surface area contributed by atoms with E-state index in [9.17, 15) is 0 Å². The van der Waals surface area contributed by atoms with Crippen molar-refractivity contribution in [2.24, 2.45) is 4.99 Å². The SMILES string of the molecule is CCOc1cc(C)ccc1CNC(=NC)NCCCN1CCN(c2ncccn2)CC1.I. The van der Waals surface area contributed by atoms with Crippen LogP contribution in [0.15, 0.2) is 41.7 Å². The minimum absolute atomic E-state index is 0. The van der Waals surface area contributed by atoms with Crippen LogP contribution in [0.5, 0.6) is 5.75 Å². The van der Waals surface area contributed by atoms with Crippen LogP contribution in [0.1, 0.15) is 24.5 Å². The molecule has 8 nitrogen and oxygen atoms in total. The number of halogens is 1. The van der Waals surface area contributed by atoms with Crippen LogP contribution in [-0.2, 0) is 6.54 Å². The zero-order chi connectivity index (χ0) is 21.9. The van der Waals surface area contributed by atoms with Crippen LogP contribution in [0.25, 0.3) is 0 Å². The molecule has 1 aromatic heterocycles. The molecule has 1 aliphatic rings. The zero-order valence-corrected chi connectivity index (χ0v) is 21.7. The minimum Gasteiger partial charge on any atom is -0.494 e. The Labute approximate surface area is 208 Å². The van der Waals surface area contributed by atoms with E-state index < -0.39 is 0 Å². The van der Waals surface area contributed by atoms with Crippen molar-refractivity contribution < 1.29 is 4.74 Å². The Morgan fingerprint density at radius 2 is 1.88 bits per heavy atom. The first-order valence-electron chi connectivity index (χ1n) is 11.1. The van der Waals surface area contributed by atoms with Crippen LogP contribution in [0, 0.1) is 6.92 Å². The quantitative estimate of drug-likeness (QED) is 0.214. The molecule has 9 heteroatoms. The summed E-state index contributed by atoms with van der Waals surface area (Å²) < 4.78 is 5.77. The normalized spacial score (nSPS) is 14.6. The lowest BCUT2D eigenvalue weighted by Gasteiger charge is -2.34. The van der Waals surface area contributed by atoms with E-state index >= 15 is 0 Å². The Morgan fingerprint density at radius 1 is 1.12 bits per heavy atom. The van der Waals surface area contributed by atoms with E-state index in [1.807, 2.05) is 13.0 Å². The Morgan fingerprint density at radius 3 is 2.56 bits per heavy atom. The van der Waals surface area contributed by atoms with Crippen molar-refractivity contribution in [3.8, 4) is 5.75 Å². The Hall–Kier alpha value is -2.14. The summed E-state index contributed by atoms with van der Waals surface area (Å²) in [6, 6.07) is 8.16. The summed E-state index contributed by atoms with van der Waals surface area (Å²) >= 11 is 0. The third kappa shape index (κ3) is 8.09. The average molecular weight is 553 g/mol. The second kappa shape index (κ2) is 14.1. The summed E-state index contributed by atoms with van der Waals surface area (Å²) in [5.41, 5.74) is 2.34. The molecule has 0 aliphatic carbocycles. The second-order valence-electron chi connectivity index (χ2n) is 7.63. The van der Waals surface area contributed by atoms with Crippen molar-refractivity contribution in [3.05, 3.63) is 47.8 Å². The zero-order valence-electron chi connectivity index (χ0n) is 19.4. The van der Waals surface area contributed by atoms with Gasteiger partial charge in [-0.15, -0.1) is 24.0 Å². The molecule has 0 unspecified atom stereocenters. The number of aryl methyl sites for hydroxylation is 1. The maximum absolute atomic E-state index is 5.77. The first kappa shape index (κ1) is 26.1. The molecule has 1 aromatic carbocycles. The molecule has 176 valence electrons. The molecule has 0 spiro atoms. The summed E-state index contributed by atoms with van der Waals surface area (Å²) in [7, 11) is 1.80. The van der Waals surface area contributed by atoms with Crippen molar-refractivity contribution >= 4 is 35.9 Å². The molecule has 0 amide bonds. The van der Waals surface area contributed by atoms with Crippen LogP contribution in [0.4, 0.5) is 5.95 Å². The van der Waals surface area contributed by atoms with Crippen molar-refractivity contribution in [3.63, 3.8) is 0 Å². The fraction of sp³-hybridized carbons (Fsp3) is 0.522.